The number of rotatable bonds is 4. The van der Waals surface area contributed by atoms with Crippen molar-refractivity contribution in [3.05, 3.63) is 53.5 Å². The molecule has 0 unspecified atom stereocenters. The zero-order valence-corrected chi connectivity index (χ0v) is 14.0. The van der Waals surface area contributed by atoms with Gasteiger partial charge in [-0.25, -0.2) is 18.3 Å². The van der Waals surface area contributed by atoms with Crippen molar-refractivity contribution in [2.75, 3.05) is 10.6 Å². The van der Waals surface area contributed by atoms with Gasteiger partial charge in [-0.1, -0.05) is 0 Å². The lowest BCUT2D eigenvalue weighted by atomic mass is 10.2. The number of nitrogens with one attached hydrogen (secondary N) is 2. The zero-order chi connectivity index (χ0) is 18.8. The Bertz CT molecular complexity index is 983. The molecule has 9 heteroatoms. The molecule has 0 aliphatic rings. The van der Waals surface area contributed by atoms with Crippen LogP contribution >= 0.6 is 0 Å². The molecule has 3 rings (SSSR count). The summed E-state index contributed by atoms with van der Waals surface area (Å²) >= 11 is 0. The molecule has 0 aliphatic carbocycles. The Morgan fingerprint density at radius 3 is 2.31 bits per heavy atom. The van der Waals surface area contributed by atoms with Crippen molar-refractivity contribution in [3.63, 3.8) is 0 Å². The number of carbonyl (C=O) groups excluding carboxylic acids is 2. The highest BCUT2D eigenvalue weighted by atomic mass is 19.3. The molecule has 0 saturated carbocycles. The van der Waals surface area contributed by atoms with Gasteiger partial charge in [-0.3, -0.25) is 9.59 Å². The minimum Gasteiger partial charge on any atom is -0.326 e. The predicted octanol–water partition coefficient (Wildman–Crippen LogP) is 3.19. The number of halogens is 2. The van der Waals surface area contributed by atoms with Gasteiger partial charge in [-0.05, 0) is 37.3 Å². The number of alkyl halides is 2. The number of hydrogen-bond donors (Lipinski definition) is 2. The van der Waals surface area contributed by atoms with Crippen LogP contribution in [-0.2, 0) is 4.79 Å². The molecule has 2 heterocycles. The van der Waals surface area contributed by atoms with E-state index in [0.717, 1.165) is 4.52 Å². The number of nitrogens with zero attached hydrogens (tertiary/aromatic N) is 3. The smallest absolute Gasteiger partial charge is 0.280 e. The Hall–Kier alpha value is -3.36. The van der Waals surface area contributed by atoms with Gasteiger partial charge in [0.15, 0.2) is 5.65 Å². The molecule has 2 N–H and O–H groups in total. The van der Waals surface area contributed by atoms with E-state index in [9.17, 15) is 18.4 Å². The molecule has 0 fully saturated rings. The van der Waals surface area contributed by atoms with Crippen molar-refractivity contribution in [1.82, 2.24) is 14.6 Å². The van der Waals surface area contributed by atoms with Gasteiger partial charge in [-0.15, -0.1) is 0 Å². The summed E-state index contributed by atoms with van der Waals surface area (Å²) in [5.41, 5.74) is 1.25. The first-order valence-corrected chi connectivity index (χ1v) is 7.67. The zero-order valence-electron chi connectivity index (χ0n) is 14.0. The van der Waals surface area contributed by atoms with Crippen LogP contribution in [0.15, 0.2) is 36.5 Å². The topological polar surface area (TPSA) is 88.4 Å². The number of fused-ring (bicyclic) bond motifs is 1. The van der Waals surface area contributed by atoms with Gasteiger partial charge in [0.2, 0.25) is 5.91 Å². The third kappa shape index (κ3) is 3.51. The Morgan fingerprint density at radius 1 is 1.12 bits per heavy atom. The SMILES string of the molecule is CC(=O)Nc1ccc(NC(=O)c2cnn3c(C(F)F)cc(C)nc23)cc1. The molecule has 0 bridgehead atoms. The lowest BCUT2D eigenvalue weighted by Gasteiger charge is -2.07. The fourth-order valence-corrected chi connectivity index (χ4v) is 2.47. The van der Waals surface area contributed by atoms with Crippen molar-refractivity contribution >= 4 is 28.8 Å². The van der Waals surface area contributed by atoms with Crippen LogP contribution in [0, 0.1) is 6.92 Å². The summed E-state index contributed by atoms with van der Waals surface area (Å²) in [4.78, 5) is 27.6. The summed E-state index contributed by atoms with van der Waals surface area (Å²) in [7, 11) is 0. The van der Waals surface area contributed by atoms with Gasteiger partial charge in [-0.2, -0.15) is 5.10 Å². The van der Waals surface area contributed by atoms with Crippen molar-refractivity contribution < 1.29 is 18.4 Å². The minimum atomic E-state index is -2.74. The summed E-state index contributed by atoms with van der Waals surface area (Å²) in [5, 5.41) is 9.12. The number of hydrogen-bond acceptors (Lipinski definition) is 4. The van der Waals surface area contributed by atoms with Gasteiger partial charge >= 0.3 is 0 Å². The molecule has 0 atom stereocenters. The van der Waals surface area contributed by atoms with Gasteiger partial charge in [0, 0.05) is 24.0 Å². The fourth-order valence-electron chi connectivity index (χ4n) is 2.47. The summed E-state index contributed by atoms with van der Waals surface area (Å²) in [5.74, 6) is -0.727. The highest BCUT2D eigenvalue weighted by molar-refractivity contribution is 6.08. The van der Waals surface area contributed by atoms with Gasteiger partial charge in [0.05, 0.1) is 6.20 Å². The second kappa shape index (κ2) is 6.87. The molecular formula is C17H15F2N5O2. The van der Waals surface area contributed by atoms with E-state index in [-0.39, 0.29) is 22.8 Å². The standard InChI is InChI=1S/C17H15F2N5O2/c1-9-7-14(15(18)19)24-16(21-9)13(8-20-24)17(26)23-12-5-3-11(4-6-12)22-10(2)25/h3-8,15H,1-2H3,(H,22,25)(H,23,26). The van der Waals surface area contributed by atoms with E-state index in [1.807, 2.05) is 0 Å². The molecule has 2 amide bonds. The van der Waals surface area contributed by atoms with Crippen molar-refractivity contribution in [1.29, 1.82) is 0 Å². The van der Waals surface area contributed by atoms with Gasteiger partial charge in [0.25, 0.3) is 12.3 Å². The van der Waals surface area contributed by atoms with E-state index in [4.69, 9.17) is 0 Å². The Morgan fingerprint density at radius 2 is 1.73 bits per heavy atom. The third-order valence-electron chi connectivity index (χ3n) is 3.56. The molecule has 3 aromatic rings. The first-order chi connectivity index (χ1) is 12.3. The van der Waals surface area contributed by atoms with Crippen LogP contribution in [-0.4, -0.2) is 26.4 Å². The minimum absolute atomic E-state index is 0.0627. The van der Waals surface area contributed by atoms with E-state index in [0.29, 0.717) is 17.1 Å². The highest BCUT2D eigenvalue weighted by Gasteiger charge is 2.20. The molecule has 0 aliphatic heterocycles. The number of amides is 2. The maximum absolute atomic E-state index is 13.1. The van der Waals surface area contributed by atoms with Crippen molar-refractivity contribution in [2.24, 2.45) is 0 Å². The number of benzene rings is 1. The van der Waals surface area contributed by atoms with Crippen molar-refractivity contribution in [3.8, 4) is 0 Å². The average Bonchev–Trinajstić information content (AvgIpc) is 2.99. The Balaban J connectivity index is 1.87. The van der Waals surface area contributed by atoms with Crippen LogP contribution in [0.25, 0.3) is 5.65 Å². The van der Waals surface area contributed by atoms with Crippen LogP contribution in [0.5, 0.6) is 0 Å². The average molecular weight is 359 g/mol. The first kappa shape index (κ1) is 17.5. The van der Waals surface area contributed by atoms with E-state index < -0.39 is 12.3 Å². The summed E-state index contributed by atoms with van der Waals surface area (Å²) in [6.07, 6.45) is -1.54. The third-order valence-corrected chi connectivity index (χ3v) is 3.56. The lowest BCUT2D eigenvalue weighted by Crippen LogP contribution is -2.13. The Kier molecular flexibility index (Phi) is 4.61. The molecule has 2 aromatic heterocycles. The number of aryl methyl sites for hydroxylation is 1. The van der Waals surface area contributed by atoms with Gasteiger partial charge < -0.3 is 10.6 Å². The second-order valence-electron chi connectivity index (χ2n) is 5.63. The molecule has 7 nitrogen and oxygen atoms in total. The quantitative estimate of drug-likeness (QED) is 0.749. The van der Waals surface area contributed by atoms with E-state index in [1.54, 1.807) is 31.2 Å². The van der Waals surface area contributed by atoms with E-state index in [2.05, 4.69) is 20.7 Å². The van der Waals surface area contributed by atoms with Gasteiger partial charge in [0.1, 0.15) is 11.3 Å². The monoisotopic (exact) mass is 359 g/mol. The lowest BCUT2D eigenvalue weighted by molar-refractivity contribution is -0.114. The predicted molar refractivity (Wildman–Crippen MR) is 91.4 cm³/mol. The van der Waals surface area contributed by atoms with Crippen molar-refractivity contribution in [2.45, 2.75) is 20.3 Å². The van der Waals surface area contributed by atoms with E-state index in [1.165, 1.54) is 19.2 Å². The highest BCUT2D eigenvalue weighted by Crippen LogP contribution is 2.22. The van der Waals surface area contributed by atoms with Crippen LogP contribution < -0.4 is 10.6 Å². The number of carbonyl (C=O) groups is 2. The van der Waals surface area contributed by atoms with E-state index >= 15 is 0 Å². The Labute approximate surface area is 147 Å². The molecular weight excluding hydrogens is 344 g/mol. The maximum atomic E-state index is 13.1. The molecule has 1 aromatic carbocycles. The van der Waals surface area contributed by atoms with Crippen LogP contribution in [0.3, 0.4) is 0 Å². The summed E-state index contributed by atoms with van der Waals surface area (Å²) in [6, 6.07) is 7.71. The van der Waals surface area contributed by atoms with Crippen LogP contribution in [0.1, 0.15) is 35.1 Å². The second-order valence-corrected chi connectivity index (χ2v) is 5.63. The molecule has 26 heavy (non-hydrogen) atoms. The molecule has 0 saturated heterocycles. The molecule has 0 spiro atoms. The first-order valence-electron chi connectivity index (χ1n) is 7.67. The maximum Gasteiger partial charge on any atom is 0.280 e. The summed E-state index contributed by atoms with van der Waals surface area (Å²) in [6.45, 7) is 2.96. The fraction of sp³-hybridized carbons (Fsp3) is 0.176. The van der Waals surface area contributed by atoms with Crippen LogP contribution in [0.2, 0.25) is 0 Å². The normalized spacial score (nSPS) is 11.0. The molecule has 134 valence electrons. The number of aromatic nitrogens is 3. The largest absolute Gasteiger partial charge is 0.326 e. The molecule has 0 radical (unpaired) electrons. The summed E-state index contributed by atoms with van der Waals surface area (Å²) < 4.78 is 27.3. The van der Waals surface area contributed by atoms with Crippen LogP contribution in [0.4, 0.5) is 20.2 Å². The number of anilines is 2.